The van der Waals surface area contributed by atoms with Crippen molar-refractivity contribution in [3.8, 4) is 11.5 Å². The maximum atomic E-state index is 12.0. The van der Waals surface area contributed by atoms with Crippen LogP contribution in [0.1, 0.15) is 16.1 Å². The van der Waals surface area contributed by atoms with Gasteiger partial charge in [0.2, 0.25) is 5.91 Å². The molecule has 1 aromatic carbocycles. The molecule has 2 heterocycles. The Kier molecular flexibility index (Phi) is 4.69. The molecule has 7 heteroatoms. The van der Waals surface area contributed by atoms with Crippen molar-refractivity contribution in [3.05, 3.63) is 47.9 Å². The lowest BCUT2D eigenvalue weighted by atomic mass is 10.2. The first-order valence-corrected chi connectivity index (χ1v) is 7.57. The van der Waals surface area contributed by atoms with Gasteiger partial charge in [-0.3, -0.25) is 9.59 Å². The topological polar surface area (TPSA) is 81.0 Å². The number of furan rings is 1. The number of benzene rings is 1. The van der Waals surface area contributed by atoms with Crippen LogP contribution >= 0.6 is 0 Å². The number of carbonyl (C=O) groups is 2. The highest BCUT2D eigenvalue weighted by Crippen LogP contribution is 2.30. The number of carbonyl (C=O) groups excluding carboxylic acids is 2. The van der Waals surface area contributed by atoms with Gasteiger partial charge in [0.05, 0.1) is 12.8 Å². The predicted molar refractivity (Wildman–Crippen MR) is 84.9 cm³/mol. The molecule has 0 spiro atoms. The van der Waals surface area contributed by atoms with E-state index in [1.807, 2.05) is 18.2 Å². The van der Waals surface area contributed by atoms with Gasteiger partial charge in [0.1, 0.15) is 13.2 Å². The second-order valence-electron chi connectivity index (χ2n) is 5.39. The molecule has 1 N–H and O–H groups in total. The summed E-state index contributed by atoms with van der Waals surface area (Å²) in [5, 5.41) is 2.78. The van der Waals surface area contributed by atoms with Crippen LogP contribution in [0.3, 0.4) is 0 Å². The number of hydrogen-bond donors (Lipinski definition) is 1. The molecule has 0 radical (unpaired) electrons. The third-order valence-corrected chi connectivity index (χ3v) is 3.56. The normalized spacial score (nSPS) is 12.5. The maximum Gasteiger partial charge on any atom is 0.289 e. The van der Waals surface area contributed by atoms with Crippen LogP contribution in [0.4, 0.5) is 0 Å². The number of nitrogens with zero attached hydrogens (tertiary/aromatic N) is 1. The molecule has 0 atom stereocenters. The first-order chi connectivity index (χ1) is 11.6. The highest BCUT2D eigenvalue weighted by molar-refractivity contribution is 5.94. The number of amides is 2. The van der Waals surface area contributed by atoms with Crippen molar-refractivity contribution >= 4 is 11.8 Å². The summed E-state index contributed by atoms with van der Waals surface area (Å²) in [4.78, 5) is 25.3. The second kappa shape index (κ2) is 7.08. The molecule has 24 heavy (non-hydrogen) atoms. The first kappa shape index (κ1) is 15.9. The summed E-state index contributed by atoms with van der Waals surface area (Å²) in [5.74, 6) is 0.997. The summed E-state index contributed by atoms with van der Waals surface area (Å²) in [6.07, 6.45) is 1.42. The zero-order chi connectivity index (χ0) is 16.9. The standard InChI is InChI=1S/C17H18N2O5/c1-19(17(21)14-3-2-6-22-14)11-16(20)18-10-12-4-5-13-15(9-12)24-8-7-23-13/h2-6,9H,7-8,10-11H2,1H3,(H,18,20). The van der Waals surface area contributed by atoms with Gasteiger partial charge in [-0.25, -0.2) is 0 Å². The molecule has 0 saturated carbocycles. The number of likely N-dealkylation sites (N-methyl/N-ethyl adjacent to an activating group) is 1. The van der Waals surface area contributed by atoms with Crippen LogP contribution in [0.15, 0.2) is 41.0 Å². The zero-order valence-corrected chi connectivity index (χ0v) is 13.3. The third-order valence-electron chi connectivity index (χ3n) is 3.56. The van der Waals surface area contributed by atoms with Gasteiger partial charge >= 0.3 is 0 Å². The Labute approximate surface area is 139 Å². The third kappa shape index (κ3) is 3.68. The summed E-state index contributed by atoms with van der Waals surface area (Å²) in [6.45, 7) is 1.35. The molecule has 0 unspecified atom stereocenters. The SMILES string of the molecule is CN(CC(=O)NCc1ccc2c(c1)OCCO2)C(=O)c1ccco1. The van der Waals surface area contributed by atoms with E-state index in [1.165, 1.54) is 11.2 Å². The fourth-order valence-corrected chi connectivity index (χ4v) is 2.33. The van der Waals surface area contributed by atoms with Crippen molar-refractivity contribution in [2.45, 2.75) is 6.54 Å². The van der Waals surface area contributed by atoms with E-state index in [1.54, 1.807) is 19.2 Å². The van der Waals surface area contributed by atoms with Gasteiger partial charge in [0.15, 0.2) is 17.3 Å². The lowest BCUT2D eigenvalue weighted by molar-refractivity contribution is -0.121. The molecule has 3 rings (SSSR count). The Bertz CT molecular complexity index is 727. The number of fused-ring (bicyclic) bond motifs is 1. The molecule has 0 aliphatic carbocycles. The van der Waals surface area contributed by atoms with Crippen LogP contribution in [-0.4, -0.2) is 43.5 Å². The summed E-state index contributed by atoms with van der Waals surface area (Å²) in [5.41, 5.74) is 0.896. The van der Waals surface area contributed by atoms with Crippen molar-refractivity contribution in [1.82, 2.24) is 10.2 Å². The van der Waals surface area contributed by atoms with Crippen LogP contribution in [0.2, 0.25) is 0 Å². The fraction of sp³-hybridized carbons (Fsp3) is 0.294. The maximum absolute atomic E-state index is 12.0. The largest absolute Gasteiger partial charge is 0.486 e. The lowest BCUT2D eigenvalue weighted by Gasteiger charge is -2.19. The Morgan fingerprint density at radius 1 is 1.17 bits per heavy atom. The minimum atomic E-state index is -0.338. The van der Waals surface area contributed by atoms with Crippen molar-refractivity contribution < 1.29 is 23.5 Å². The fourth-order valence-electron chi connectivity index (χ4n) is 2.33. The molecular weight excluding hydrogens is 312 g/mol. The highest BCUT2D eigenvalue weighted by Gasteiger charge is 2.17. The van der Waals surface area contributed by atoms with E-state index in [0.29, 0.717) is 31.3 Å². The molecule has 2 amide bonds. The number of ether oxygens (including phenoxy) is 2. The quantitative estimate of drug-likeness (QED) is 0.897. The van der Waals surface area contributed by atoms with Crippen molar-refractivity contribution in [3.63, 3.8) is 0 Å². The van der Waals surface area contributed by atoms with Crippen LogP contribution in [0.5, 0.6) is 11.5 Å². The van der Waals surface area contributed by atoms with Crippen LogP contribution in [0, 0.1) is 0 Å². The van der Waals surface area contributed by atoms with Gasteiger partial charge in [-0.15, -0.1) is 0 Å². The van der Waals surface area contributed by atoms with Crippen LogP contribution < -0.4 is 14.8 Å². The average Bonchev–Trinajstić information content (AvgIpc) is 3.13. The number of nitrogens with one attached hydrogen (secondary N) is 1. The molecule has 7 nitrogen and oxygen atoms in total. The summed E-state index contributed by atoms with van der Waals surface area (Å²) in [7, 11) is 1.55. The monoisotopic (exact) mass is 330 g/mol. The zero-order valence-electron chi connectivity index (χ0n) is 13.3. The van der Waals surface area contributed by atoms with Crippen molar-refractivity contribution in [1.29, 1.82) is 0 Å². The van der Waals surface area contributed by atoms with Gasteiger partial charge in [-0.1, -0.05) is 6.07 Å². The molecular formula is C17H18N2O5. The van der Waals surface area contributed by atoms with E-state index in [-0.39, 0.29) is 24.1 Å². The van der Waals surface area contributed by atoms with E-state index < -0.39 is 0 Å². The predicted octanol–water partition coefficient (Wildman–Crippen LogP) is 1.44. The van der Waals surface area contributed by atoms with E-state index in [9.17, 15) is 9.59 Å². The van der Waals surface area contributed by atoms with Crippen LogP contribution in [-0.2, 0) is 11.3 Å². The van der Waals surface area contributed by atoms with Gasteiger partial charge in [0, 0.05) is 13.6 Å². The molecule has 126 valence electrons. The Morgan fingerprint density at radius 3 is 2.71 bits per heavy atom. The minimum Gasteiger partial charge on any atom is -0.486 e. The Hall–Kier alpha value is -2.96. The molecule has 1 aromatic heterocycles. The van der Waals surface area contributed by atoms with E-state index in [2.05, 4.69) is 5.32 Å². The molecule has 2 aromatic rings. The Balaban J connectivity index is 1.51. The Morgan fingerprint density at radius 2 is 1.96 bits per heavy atom. The first-order valence-electron chi connectivity index (χ1n) is 7.57. The molecule has 0 fully saturated rings. The van der Waals surface area contributed by atoms with E-state index in [4.69, 9.17) is 13.9 Å². The summed E-state index contributed by atoms with van der Waals surface area (Å²) < 4.78 is 16.0. The lowest BCUT2D eigenvalue weighted by Crippen LogP contribution is -2.38. The molecule has 0 bridgehead atoms. The van der Waals surface area contributed by atoms with Gasteiger partial charge in [-0.05, 0) is 29.8 Å². The average molecular weight is 330 g/mol. The second-order valence-corrected chi connectivity index (χ2v) is 5.39. The molecule has 0 saturated heterocycles. The van der Waals surface area contributed by atoms with Crippen molar-refractivity contribution in [2.75, 3.05) is 26.8 Å². The van der Waals surface area contributed by atoms with Gasteiger partial charge < -0.3 is 24.1 Å². The minimum absolute atomic E-state index is 0.0515. The molecule has 1 aliphatic rings. The summed E-state index contributed by atoms with van der Waals surface area (Å²) in [6, 6.07) is 8.72. The van der Waals surface area contributed by atoms with Crippen LogP contribution in [0.25, 0.3) is 0 Å². The van der Waals surface area contributed by atoms with Gasteiger partial charge in [-0.2, -0.15) is 0 Å². The van der Waals surface area contributed by atoms with Crippen molar-refractivity contribution in [2.24, 2.45) is 0 Å². The smallest absolute Gasteiger partial charge is 0.289 e. The molecule has 1 aliphatic heterocycles. The highest BCUT2D eigenvalue weighted by atomic mass is 16.6. The summed E-state index contributed by atoms with van der Waals surface area (Å²) >= 11 is 0. The van der Waals surface area contributed by atoms with E-state index in [0.717, 1.165) is 5.56 Å². The van der Waals surface area contributed by atoms with E-state index >= 15 is 0 Å². The number of hydrogen-bond acceptors (Lipinski definition) is 5. The van der Waals surface area contributed by atoms with Gasteiger partial charge in [0.25, 0.3) is 5.91 Å². The number of rotatable bonds is 5.